The summed E-state index contributed by atoms with van der Waals surface area (Å²) < 4.78 is 11.7. The number of urea groups is 1. The number of hydrogen-bond donors (Lipinski definition) is 1. The maximum atomic E-state index is 12.6. The molecule has 0 aromatic heterocycles. The summed E-state index contributed by atoms with van der Waals surface area (Å²) in [6, 6.07) is 16.2. The van der Waals surface area contributed by atoms with Gasteiger partial charge in [0.05, 0.1) is 6.54 Å². The molecule has 1 unspecified atom stereocenters. The van der Waals surface area contributed by atoms with E-state index >= 15 is 0 Å². The molecular formula is C22H26N2O4. The van der Waals surface area contributed by atoms with Crippen LogP contribution in [0.4, 0.5) is 4.79 Å². The molecule has 1 aliphatic rings. The van der Waals surface area contributed by atoms with Crippen LogP contribution in [0.2, 0.25) is 0 Å². The Balaban J connectivity index is 1.51. The quantitative estimate of drug-likeness (QED) is 0.799. The van der Waals surface area contributed by atoms with Crippen LogP contribution in [-0.2, 0) is 4.79 Å². The summed E-state index contributed by atoms with van der Waals surface area (Å²) in [5, 5.41) is 2.79. The number of ether oxygens (including phenoxy) is 2. The lowest BCUT2D eigenvalue weighted by Crippen LogP contribution is -2.49. The van der Waals surface area contributed by atoms with E-state index in [1.807, 2.05) is 61.5 Å². The van der Waals surface area contributed by atoms with Gasteiger partial charge in [0, 0.05) is 13.0 Å². The predicted molar refractivity (Wildman–Crippen MR) is 107 cm³/mol. The topological polar surface area (TPSA) is 67.9 Å². The van der Waals surface area contributed by atoms with Gasteiger partial charge in [-0.1, -0.05) is 36.4 Å². The first kappa shape index (κ1) is 19.7. The first-order chi connectivity index (χ1) is 13.5. The number of carbonyl (C=O) groups is 2. The van der Waals surface area contributed by atoms with E-state index in [2.05, 4.69) is 5.32 Å². The molecule has 1 fully saturated rings. The third-order valence-corrected chi connectivity index (χ3v) is 4.77. The van der Waals surface area contributed by atoms with E-state index in [4.69, 9.17) is 9.47 Å². The second kappa shape index (κ2) is 9.26. The second-order valence-corrected chi connectivity index (χ2v) is 6.98. The number of para-hydroxylation sites is 2. The van der Waals surface area contributed by atoms with Gasteiger partial charge in [-0.05, 0) is 37.6 Å². The fraction of sp³-hybridized carbons (Fsp3) is 0.364. The molecule has 1 saturated heterocycles. The van der Waals surface area contributed by atoms with Crippen molar-refractivity contribution in [1.82, 2.24) is 10.2 Å². The minimum Gasteiger partial charge on any atom is -0.491 e. The minimum atomic E-state index is -0.693. The van der Waals surface area contributed by atoms with Crippen LogP contribution < -0.4 is 14.8 Å². The highest BCUT2D eigenvalue weighted by molar-refractivity contribution is 5.87. The fourth-order valence-electron chi connectivity index (χ4n) is 3.09. The van der Waals surface area contributed by atoms with Crippen molar-refractivity contribution in [3.63, 3.8) is 0 Å². The van der Waals surface area contributed by atoms with Gasteiger partial charge < -0.3 is 19.7 Å². The van der Waals surface area contributed by atoms with Crippen molar-refractivity contribution in [1.29, 1.82) is 0 Å². The van der Waals surface area contributed by atoms with Crippen LogP contribution in [0.1, 0.15) is 18.9 Å². The van der Waals surface area contributed by atoms with E-state index in [-0.39, 0.29) is 24.5 Å². The van der Waals surface area contributed by atoms with E-state index < -0.39 is 6.04 Å². The molecule has 2 aromatic carbocycles. The number of nitrogens with one attached hydrogen (secondary N) is 1. The molecule has 1 aliphatic heterocycles. The Morgan fingerprint density at radius 1 is 1.14 bits per heavy atom. The number of aryl methyl sites for hydroxylation is 1. The maximum Gasteiger partial charge on any atom is 0.318 e. The summed E-state index contributed by atoms with van der Waals surface area (Å²) in [6.07, 6.45) is 0.708. The van der Waals surface area contributed by atoms with Crippen molar-refractivity contribution in [2.75, 3.05) is 19.7 Å². The average Bonchev–Trinajstić information content (AvgIpc) is 3.15. The zero-order valence-electron chi connectivity index (χ0n) is 16.3. The van der Waals surface area contributed by atoms with E-state index in [0.717, 1.165) is 17.7 Å². The largest absolute Gasteiger partial charge is 0.491 e. The Kier molecular flexibility index (Phi) is 6.53. The van der Waals surface area contributed by atoms with Crippen molar-refractivity contribution in [3.8, 4) is 11.5 Å². The van der Waals surface area contributed by atoms with Crippen LogP contribution in [-0.4, -0.2) is 48.6 Å². The van der Waals surface area contributed by atoms with Crippen molar-refractivity contribution < 1.29 is 19.1 Å². The van der Waals surface area contributed by atoms with E-state index in [1.165, 1.54) is 6.92 Å². The summed E-state index contributed by atoms with van der Waals surface area (Å²) in [7, 11) is 0. The molecular weight excluding hydrogens is 356 g/mol. The molecule has 0 spiro atoms. The monoisotopic (exact) mass is 382 g/mol. The third kappa shape index (κ3) is 5.25. The van der Waals surface area contributed by atoms with Crippen LogP contribution in [0.3, 0.4) is 0 Å². The van der Waals surface area contributed by atoms with Crippen LogP contribution in [0.25, 0.3) is 0 Å². The smallest absolute Gasteiger partial charge is 0.318 e. The van der Waals surface area contributed by atoms with Crippen LogP contribution in [0.15, 0.2) is 54.6 Å². The van der Waals surface area contributed by atoms with Crippen molar-refractivity contribution in [2.24, 2.45) is 0 Å². The highest BCUT2D eigenvalue weighted by atomic mass is 16.5. The lowest BCUT2D eigenvalue weighted by atomic mass is 10.2. The van der Waals surface area contributed by atoms with Gasteiger partial charge in [-0.15, -0.1) is 0 Å². The fourth-order valence-corrected chi connectivity index (χ4v) is 3.09. The van der Waals surface area contributed by atoms with Gasteiger partial charge in [-0.25, -0.2) is 4.79 Å². The Bertz CT molecular complexity index is 809. The maximum absolute atomic E-state index is 12.6. The van der Waals surface area contributed by atoms with Gasteiger partial charge in [0.1, 0.15) is 30.3 Å². The molecule has 6 nitrogen and oxygen atoms in total. The van der Waals surface area contributed by atoms with Crippen LogP contribution in [0.5, 0.6) is 11.5 Å². The van der Waals surface area contributed by atoms with E-state index in [1.54, 1.807) is 4.90 Å². The molecule has 0 aliphatic carbocycles. The highest BCUT2D eigenvalue weighted by Crippen LogP contribution is 2.19. The number of likely N-dealkylation sites (tertiary alicyclic amines) is 1. The number of ketones is 1. The summed E-state index contributed by atoms with van der Waals surface area (Å²) in [4.78, 5) is 26.2. The zero-order valence-corrected chi connectivity index (χ0v) is 16.3. The van der Waals surface area contributed by atoms with Crippen LogP contribution in [0, 0.1) is 6.92 Å². The molecule has 1 N–H and O–H groups in total. The van der Waals surface area contributed by atoms with Gasteiger partial charge >= 0.3 is 6.03 Å². The van der Waals surface area contributed by atoms with Gasteiger partial charge in [0.15, 0.2) is 5.78 Å². The minimum absolute atomic E-state index is 0.0489. The predicted octanol–water partition coefficient (Wildman–Crippen LogP) is 3.19. The molecule has 28 heavy (non-hydrogen) atoms. The molecule has 2 amide bonds. The summed E-state index contributed by atoms with van der Waals surface area (Å²) >= 11 is 0. The lowest BCUT2D eigenvalue weighted by molar-refractivity contribution is -0.119. The number of amides is 2. The first-order valence-corrected chi connectivity index (χ1v) is 9.49. The number of benzene rings is 2. The molecule has 0 bridgehead atoms. The van der Waals surface area contributed by atoms with E-state index in [0.29, 0.717) is 18.8 Å². The molecule has 1 heterocycles. The Morgan fingerprint density at radius 2 is 1.86 bits per heavy atom. The van der Waals surface area contributed by atoms with Gasteiger partial charge in [-0.3, -0.25) is 4.79 Å². The van der Waals surface area contributed by atoms with Crippen LogP contribution >= 0.6 is 0 Å². The van der Waals surface area contributed by atoms with E-state index in [9.17, 15) is 9.59 Å². The van der Waals surface area contributed by atoms with Gasteiger partial charge in [-0.2, -0.15) is 0 Å². The summed E-state index contributed by atoms with van der Waals surface area (Å²) in [6.45, 7) is 4.57. The number of rotatable bonds is 7. The number of nitrogens with zero attached hydrogens (tertiary/aromatic N) is 1. The molecule has 0 radical (unpaired) electrons. The van der Waals surface area contributed by atoms with Gasteiger partial charge in [0.25, 0.3) is 0 Å². The number of carbonyl (C=O) groups excluding carboxylic acids is 2. The normalized spacial score (nSPS) is 17.1. The average molecular weight is 382 g/mol. The highest BCUT2D eigenvalue weighted by Gasteiger charge is 2.29. The molecule has 2 aromatic rings. The lowest BCUT2D eigenvalue weighted by Gasteiger charge is -2.22. The molecule has 148 valence electrons. The zero-order chi connectivity index (χ0) is 19.9. The molecule has 2 atom stereocenters. The molecule has 0 saturated carbocycles. The van der Waals surface area contributed by atoms with Gasteiger partial charge in [0.2, 0.25) is 0 Å². The summed E-state index contributed by atoms with van der Waals surface area (Å²) in [5.41, 5.74) is 0.983. The SMILES string of the molecule is CC(=O)[C@H](COc1ccccc1C)NC(=O)N1CCC(Oc2ccccc2)C1. The number of Topliss-reactive ketones (excluding diaryl/α,β-unsaturated/α-hetero) is 1. The molecule has 6 heteroatoms. The Hall–Kier alpha value is -3.02. The van der Waals surface area contributed by atoms with Crippen molar-refractivity contribution >= 4 is 11.8 Å². The Labute approximate surface area is 165 Å². The number of hydrogen-bond acceptors (Lipinski definition) is 4. The second-order valence-electron chi connectivity index (χ2n) is 6.98. The van der Waals surface area contributed by atoms with Crippen molar-refractivity contribution in [3.05, 3.63) is 60.2 Å². The standard InChI is InChI=1S/C22H26N2O4/c1-16-8-6-7-11-21(16)27-15-20(17(2)25)23-22(26)24-13-12-19(14-24)28-18-9-4-3-5-10-18/h3-11,19-20H,12-15H2,1-2H3,(H,23,26)/t19?,20-/m0/s1. The Morgan fingerprint density at radius 3 is 2.57 bits per heavy atom. The molecule has 3 rings (SSSR count). The summed E-state index contributed by atoms with van der Waals surface area (Å²) in [5.74, 6) is 1.36. The first-order valence-electron chi connectivity index (χ1n) is 9.49. The van der Waals surface area contributed by atoms with Crippen molar-refractivity contribution in [2.45, 2.75) is 32.4 Å². The third-order valence-electron chi connectivity index (χ3n) is 4.77.